The number of aliphatic hydroxyl groups is 1. The molecule has 1 aromatic carbocycles. The molecule has 1 unspecified atom stereocenters. The number of benzene rings is 1. The minimum atomic E-state index is -0.445. The molecule has 3 N–H and O–H groups in total. The van der Waals surface area contributed by atoms with Crippen molar-refractivity contribution in [3.05, 3.63) is 29.3 Å². The number of hydrogen-bond donors (Lipinski definition) is 3. The average molecular weight is 349 g/mol. The highest BCUT2D eigenvalue weighted by atomic mass is 16.5. The fraction of sp³-hybridized carbons (Fsp3) is 0.556. The Morgan fingerprint density at radius 1 is 1.32 bits per heavy atom. The predicted molar refractivity (Wildman–Crippen MR) is 95.8 cm³/mol. The topological polar surface area (TPSA) is 90.9 Å². The Bertz CT molecular complexity index is 600. The van der Waals surface area contributed by atoms with E-state index in [-0.39, 0.29) is 12.5 Å². The second-order valence-corrected chi connectivity index (χ2v) is 6.26. The Balaban J connectivity index is 2.10. The van der Waals surface area contributed by atoms with Crippen LogP contribution in [0.3, 0.4) is 0 Å². The van der Waals surface area contributed by atoms with Crippen LogP contribution in [-0.2, 0) is 4.74 Å². The second-order valence-electron chi connectivity index (χ2n) is 6.26. The van der Waals surface area contributed by atoms with Crippen molar-refractivity contribution in [3.8, 4) is 0 Å². The zero-order valence-corrected chi connectivity index (χ0v) is 14.9. The highest BCUT2D eigenvalue weighted by Crippen LogP contribution is 2.24. The number of urea groups is 1. The van der Waals surface area contributed by atoms with Gasteiger partial charge in [0.05, 0.1) is 23.9 Å². The number of carbonyl (C=O) groups is 2. The first-order chi connectivity index (χ1) is 12.1. The number of rotatable bonds is 7. The van der Waals surface area contributed by atoms with Gasteiger partial charge in [-0.3, -0.25) is 4.79 Å². The van der Waals surface area contributed by atoms with E-state index in [0.29, 0.717) is 24.3 Å². The van der Waals surface area contributed by atoms with Gasteiger partial charge in [-0.2, -0.15) is 0 Å². The quantitative estimate of drug-likeness (QED) is 0.699. The third-order valence-corrected chi connectivity index (χ3v) is 4.36. The average Bonchev–Trinajstić information content (AvgIpc) is 3.14. The van der Waals surface area contributed by atoms with Crippen LogP contribution >= 0.6 is 0 Å². The number of anilines is 1. The Morgan fingerprint density at radius 3 is 2.68 bits per heavy atom. The van der Waals surface area contributed by atoms with Gasteiger partial charge in [-0.25, -0.2) is 4.79 Å². The number of carbonyl (C=O) groups excluding carboxylic acids is 2. The van der Waals surface area contributed by atoms with E-state index in [9.17, 15) is 14.7 Å². The molecule has 1 aromatic rings. The summed E-state index contributed by atoms with van der Waals surface area (Å²) in [5.74, 6) is -0.0606. The fourth-order valence-electron chi connectivity index (χ4n) is 2.91. The number of amides is 3. The van der Waals surface area contributed by atoms with Crippen LogP contribution in [-0.4, -0.2) is 61.4 Å². The van der Waals surface area contributed by atoms with Crippen molar-refractivity contribution in [2.45, 2.75) is 32.2 Å². The molecule has 1 saturated heterocycles. The highest BCUT2D eigenvalue weighted by molar-refractivity contribution is 6.04. The van der Waals surface area contributed by atoms with E-state index >= 15 is 0 Å². The van der Waals surface area contributed by atoms with Crippen LogP contribution in [0.5, 0.6) is 0 Å². The number of aliphatic hydroxyl groups excluding tert-OH is 1. The van der Waals surface area contributed by atoms with Crippen LogP contribution in [0.25, 0.3) is 0 Å². The highest BCUT2D eigenvalue weighted by Gasteiger charge is 2.23. The Hall–Kier alpha value is -2.12. The molecule has 7 nitrogen and oxygen atoms in total. The SMILES string of the molecule is COCCC(CO)NC(=O)Nc1c(C)cccc1C(=O)N1CCCC1. The summed E-state index contributed by atoms with van der Waals surface area (Å²) in [4.78, 5) is 26.8. The summed E-state index contributed by atoms with van der Waals surface area (Å²) in [5.41, 5.74) is 1.83. The van der Waals surface area contributed by atoms with Gasteiger partial charge >= 0.3 is 6.03 Å². The van der Waals surface area contributed by atoms with Gasteiger partial charge in [0.15, 0.2) is 0 Å². The van der Waals surface area contributed by atoms with Crippen LogP contribution in [0, 0.1) is 6.92 Å². The van der Waals surface area contributed by atoms with Crippen molar-refractivity contribution < 1.29 is 19.4 Å². The largest absolute Gasteiger partial charge is 0.394 e. The standard InChI is InChI=1S/C18H27N3O4/c1-13-6-5-7-15(17(23)21-9-3-4-10-21)16(13)20-18(24)19-14(12-22)8-11-25-2/h5-7,14,22H,3-4,8-12H2,1-2H3,(H2,19,20,24). The minimum Gasteiger partial charge on any atom is -0.394 e. The van der Waals surface area contributed by atoms with Crippen LogP contribution in [0.1, 0.15) is 35.2 Å². The molecule has 1 atom stereocenters. The third-order valence-electron chi connectivity index (χ3n) is 4.36. The smallest absolute Gasteiger partial charge is 0.319 e. The van der Waals surface area contributed by atoms with Gasteiger partial charge in [0, 0.05) is 26.8 Å². The molecule has 25 heavy (non-hydrogen) atoms. The van der Waals surface area contributed by atoms with Crippen molar-refractivity contribution >= 4 is 17.6 Å². The van der Waals surface area contributed by atoms with E-state index in [1.54, 1.807) is 13.2 Å². The van der Waals surface area contributed by atoms with Gasteiger partial charge in [-0.15, -0.1) is 0 Å². The number of hydrogen-bond acceptors (Lipinski definition) is 4. The number of nitrogens with zero attached hydrogens (tertiary/aromatic N) is 1. The summed E-state index contributed by atoms with van der Waals surface area (Å²) in [6.07, 6.45) is 2.53. The maximum Gasteiger partial charge on any atom is 0.319 e. The molecule has 1 aliphatic rings. The van der Waals surface area contributed by atoms with E-state index < -0.39 is 12.1 Å². The summed E-state index contributed by atoms with van der Waals surface area (Å²) in [6.45, 7) is 3.62. The van der Waals surface area contributed by atoms with Gasteiger partial charge < -0.3 is 25.4 Å². The summed E-state index contributed by atoms with van der Waals surface area (Å²) < 4.78 is 4.97. The first-order valence-corrected chi connectivity index (χ1v) is 8.63. The van der Waals surface area contributed by atoms with Crippen molar-refractivity contribution in [1.29, 1.82) is 0 Å². The lowest BCUT2D eigenvalue weighted by molar-refractivity contribution is 0.0793. The molecule has 2 rings (SSSR count). The number of ether oxygens (including phenoxy) is 1. The van der Waals surface area contributed by atoms with E-state index in [4.69, 9.17) is 4.74 Å². The number of nitrogens with one attached hydrogen (secondary N) is 2. The second kappa shape index (κ2) is 9.39. The number of aryl methyl sites for hydroxylation is 1. The number of likely N-dealkylation sites (tertiary alicyclic amines) is 1. The molecule has 7 heteroatoms. The van der Waals surface area contributed by atoms with Gasteiger partial charge in [0.25, 0.3) is 5.91 Å². The normalized spacial score (nSPS) is 15.1. The molecule has 1 heterocycles. The van der Waals surface area contributed by atoms with Crippen LogP contribution in [0.2, 0.25) is 0 Å². The molecule has 0 aliphatic carbocycles. The monoisotopic (exact) mass is 349 g/mol. The molecule has 0 aromatic heterocycles. The number of para-hydroxylation sites is 1. The molecule has 0 bridgehead atoms. The van der Waals surface area contributed by atoms with Crippen LogP contribution < -0.4 is 10.6 Å². The Morgan fingerprint density at radius 2 is 2.04 bits per heavy atom. The molecule has 1 fully saturated rings. The van der Waals surface area contributed by atoms with E-state index in [1.165, 1.54) is 0 Å². The van der Waals surface area contributed by atoms with Crippen LogP contribution in [0.15, 0.2) is 18.2 Å². The molecule has 1 aliphatic heterocycles. The van der Waals surface area contributed by atoms with Gasteiger partial charge in [-0.1, -0.05) is 12.1 Å². The van der Waals surface area contributed by atoms with Gasteiger partial charge in [0.1, 0.15) is 0 Å². The fourth-order valence-corrected chi connectivity index (χ4v) is 2.91. The molecule has 0 saturated carbocycles. The van der Waals surface area contributed by atoms with Crippen LogP contribution in [0.4, 0.5) is 10.5 Å². The lowest BCUT2D eigenvalue weighted by atomic mass is 10.1. The molecule has 0 spiro atoms. The summed E-state index contributed by atoms with van der Waals surface area (Å²) in [5, 5.41) is 14.8. The Kier molecular flexibility index (Phi) is 7.21. The Labute approximate surface area is 148 Å². The minimum absolute atomic E-state index is 0.0606. The van der Waals surface area contributed by atoms with Crippen molar-refractivity contribution in [3.63, 3.8) is 0 Å². The van der Waals surface area contributed by atoms with E-state index in [0.717, 1.165) is 31.5 Å². The maximum absolute atomic E-state index is 12.7. The van der Waals surface area contributed by atoms with Crippen molar-refractivity contribution in [2.75, 3.05) is 38.7 Å². The summed E-state index contributed by atoms with van der Waals surface area (Å²) in [7, 11) is 1.57. The molecule has 0 radical (unpaired) electrons. The van der Waals surface area contributed by atoms with Gasteiger partial charge in [-0.05, 0) is 37.8 Å². The first-order valence-electron chi connectivity index (χ1n) is 8.63. The molecule has 3 amide bonds. The lowest BCUT2D eigenvalue weighted by Gasteiger charge is -2.21. The molecule has 138 valence electrons. The lowest BCUT2D eigenvalue weighted by Crippen LogP contribution is -2.41. The van der Waals surface area contributed by atoms with Crippen molar-refractivity contribution in [1.82, 2.24) is 10.2 Å². The maximum atomic E-state index is 12.7. The third kappa shape index (κ3) is 5.17. The zero-order chi connectivity index (χ0) is 18.2. The number of methoxy groups -OCH3 is 1. The van der Waals surface area contributed by atoms with E-state index in [2.05, 4.69) is 10.6 Å². The van der Waals surface area contributed by atoms with Gasteiger partial charge in [0.2, 0.25) is 0 Å². The van der Waals surface area contributed by atoms with Crippen molar-refractivity contribution in [2.24, 2.45) is 0 Å². The van der Waals surface area contributed by atoms with E-state index in [1.807, 2.05) is 24.0 Å². The molecular weight excluding hydrogens is 322 g/mol. The molecular formula is C18H27N3O4. The first kappa shape index (κ1) is 19.2. The predicted octanol–water partition coefficient (Wildman–Crippen LogP) is 1.75. The zero-order valence-electron chi connectivity index (χ0n) is 14.9. The summed E-state index contributed by atoms with van der Waals surface area (Å²) in [6, 6.07) is 4.56. The summed E-state index contributed by atoms with van der Waals surface area (Å²) >= 11 is 0.